The van der Waals surface area contributed by atoms with Gasteiger partial charge in [0, 0.05) is 21.5 Å². The molecule has 7 rings (SSSR count). The summed E-state index contributed by atoms with van der Waals surface area (Å²) in [7, 11) is 0. The molecule has 0 atom stereocenters. The fourth-order valence-corrected chi connectivity index (χ4v) is 5.23. The van der Waals surface area contributed by atoms with Crippen LogP contribution in [-0.2, 0) is 0 Å². The summed E-state index contributed by atoms with van der Waals surface area (Å²) in [6.45, 7) is 2.17. The fraction of sp³-hybridized carbons (Fsp3) is 0.0345. The molecule has 30 heavy (non-hydrogen) atoms. The van der Waals surface area contributed by atoms with E-state index in [1.165, 1.54) is 59.4 Å². The molecule has 0 saturated carbocycles. The molecule has 0 aliphatic rings. The van der Waals surface area contributed by atoms with E-state index in [-0.39, 0.29) is 0 Å². The second-order valence-electron chi connectivity index (χ2n) is 8.19. The van der Waals surface area contributed by atoms with Crippen LogP contribution >= 0.6 is 0 Å². The van der Waals surface area contributed by atoms with Gasteiger partial charge in [-0.3, -0.25) is 0 Å². The number of aryl methyl sites for hydroxylation is 1. The predicted molar refractivity (Wildman–Crippen MR) is 128 cm³/mol. The molecule has 0 aliphatic carbocycles. The summed E-state index contributed by atoms with van der Waals surface area (Å²) in [5.74, 6) is 0. The Hall–Kier alpha value is -3.84. The summed E-state index contributed by atoms with van der Waals surface area (Å²) < 4.78 is 6.55. The summed E-state index contributed by atoms with van der Waals surface area (Å²) in [6.07, 6.45) is 0. The summed E-state index contributed by atoms with van der Waals surface area (Å²) in [5.41, 5.74) is 3.21. The third-order valence-corrected chi connectivity index (χ3v) is 6.47. The molecular formula is C29H18O. The van der Waals surface area contributed by atoms with E-state index < -0.39 is 0 Å². The van der Waals surface area contributed by atoms with Gasteiger partial charge in [-0.25, -0.2) is 0 Å². The van der Waals surface area contributed by atoms with Gasteiger partial charge in [0.25, 0.3) is 0 Å². The number of para-hydroxylation sites is 1. The van der Waals surface area contributed by atoms with Gasteiger partial charge < -0.3 is 4.42 Å². The van der Waals surface area contributed by atoms with Crippen molar-refractivity contribution in [1.29, 1.82) is 0 Å². The Bertz CT molecular complexity index is 1800. The topological polar surface area (TPSA) is 13.1 Å². The molecule has 6 aromatic carbocycles. The van der Waals surface area contributed by atoms with Crippen molar-refractivity contribution in [3.05, 3.63) is 96.6 Å². The quantitative estimate of drug-likeness (QED) is 0.240. The van der Waals surface area contributed by atoms with Gasteiger partial charge in [-0.2, -0.15) is 0 Å². The van der Waals surface area contributed by atoms with Crippen molar-refractivity contribution < 1.29 is 4.42 Å². The molecule has 0 unspecified atom stereocenters. The van der Waals surface area contributed by atoms with Crippen LogP contribution in [0.1, 0.15) is 5.56 Å². The highest BCUT2D eigenvalue weighted by molar-refractivity contribution is 6.40. The van der Waals surface area contributed by atoms with E-state index in [1.54, 1.807) is 0 Å². The Morgan fingerprint density at radius 2 is 1.03 bits per heavy atom. The lowest BCUT2D eigenvalue weighted by molar-refractivity contribution is 0.673. The zero-order chi connectivity index (χ0) is 19.8. The first-order valence-corrected chi connectivity index (χ1v) is 10.4. The molecule has 0 bridgehead atoms. The van der Waals surface area contributed by atoms with Crippen molar-refractivity contribution in [2.75, 3.05) is 0 Å². The number of benzene rings is 6. The minimum atomic E-state index is 0.943. The molecule has 0 saturated heterocycles. The summed E-state index contributed by atoms with van der Waals surface area (Å²) in [5, 5.41) is 12.5. The maximum atomic E-state index is 6.55. The monoisotopic (exact) mass is 382 g/mol. The van der Waals surface area contributed by atoms with Gasteiger partial charge in [-0.15, -0.1) is 0 Å². The molecule has 0 aliphatic heterocycles. The van der Waals surface area contributed by atoms with Crippen molar-refractivity contribution in [2.24, 2.45) is 0 Å². The molecule has 7 aromatic rings. The van der Waals surface area contributed by atoms with Crippen LogP contribution < -0.4 is 0 Å². The van der Waals surface area contributed by atoms with Crippen molar-refractivity contribution >= 4 is 65.0 Å². The largest absolute Gasteiger partial charge is 0.455 e. The second-order valence-corrected chi connectivity index (χ2v) is 8.19. The SMILES string of the molecule is Cc1ccc2c(c1)c1ccccc1c1c3oc4ccccc4c3c3ccccc3c21. The lowest BCUT2D eigenvalue weighted by atomic mass is 9.88. The number of furan rings is 1. The van der Waals surface area contributed by atoms with Crippen LogP contribution in [0.15, 0.2) is 95.4 Å². The van der Waals surface area contributed by atoms with Gasteiger partial charge in [0.05, 0.1) is 0 Å². The first kappa shape index (κ1) is 16.0. The van der Waals surface area contributed by atoms with E-state index in [0.29, 0.717) is 0 Å². The number of fused-ring (bicyclic) bond motifs is 13. The van der Waals surface area contributed by atoms with E-state index >= 15 is 0 Å². The van der Waals surface area contributed by atoms with Crippen molar-refractivity contribution in [3.63, 3.8) is 0 Å². The third kappa shape index (κ3) is 1.92. The Morgan fingerprint density at radius 1 is 0.467 bits per heavy atom. The highest BCUT2D eigenvalue weighted by Gasteiger charge is 2.19. The Balaban J connectivity index is 1.96. The fourth-order valence-electron chi connectivity index (χ4n) is 5.23. The molecule has 0 spiro atoms. The Morgan fingerprint density at radius 3 is 1.80 bits per heavy atom. The van der Waals surface area contributed by atoms with Crippen LogP contribution in [0.4, 0.5) is 0 Å². The van der Waals surface area contributed by atoms with E-state index in [1.807, 2.05) is 6.07 Å². The van der Waals surface area contributed by atoms with Gasteiger partial charge in [-0.05, 0) is 45.3 Å². The van der Waals surface area contributed by atoms with Crippen molar-refractivity contribution in [3.8, 4) is 0 Å². The number of hydrogen-bond donors (Lipinski definition) is 0. The molecule has 0 N–H and O–H groups in total. The zero-order valence-corrected chi connectivity index (χ0v) is 16.6. The highest BCUT2D eigenvalue weighted by atomic mass is 16.3. The van der Waals surface area contributed by atoms with Crippen LogP contribution in [0, 0.1) is 6.92 Å². The molecule has 1 nitrogen and oxygen atoms in total. The van der Waals surface area contributed by atoms with E-state index in [4.69, 9.17) is 4.42 Å². The molecule has 0 fully saturated rings. The molecule has 0 radical (unpaired) electrons. The number of rotatable bonds is 0. The molecule has 1 heterocycles. The number of hydrogen-bond acceptors (Lipinski definition) is 1. The van der Waals surface area contributed by atoms with Gasteiger partial charge >= 0.3 is 0 Å². The third-order valence-electron chi connectivity index (χ3n) is 6.47. The standard InChI is InChI=1S/C29H18O/c1-17-14-15-22-24(16-17)18-8-2-3-9-19(18)28-26(22)20-10-4-5-11-21(20)27-23-12-6-7-13-25(23)30-29(27)28/h2-16H,1H3. The minimum Gasteiger partial charge on any atom is -0.455 e. The Kier molecular flexibility index (Phi) is 2.99. The van der Waals surface area contributed by atoms with Gasteiger partial charge in [0.1, 0.15) is 11.2 Å². The highest BCUT2D eigenvalue weighted by Crippen LogP contribution is 2.46. The van der Waals surface area contributed by atoms with E-state index in [2.05, 4.69) is 91.9 Å². The molecule has 140 valence electrons. The minimum absolute atomic E-state index is 0.943. The van der Waals surface area contributed by atoms with Gasteiger partial charge in [0.2, 0.25) is 0 Å². The van der Waals surface area contributed by atoms with Crippen LogP contribution in [0.25, 0.3) is 65.0 Å². The second kappa shape index (κ2) is 5.61. The van der Waals surface area contributed by atoms with Gasteiger partial charge in [0.15, 0.2) is 0 Å². The lowest BCUT2D eigenvalue weighted by Gasteiger charge is -2.14. The van der Waals surface area contributed by atoms with E-state index in [0.717, 1.165) is 11.2 Å². The Labute approximate surface area is 173 Å². The first-order valence-electron chi connectivity index (χ1n) is 10.4. The molecule has 0 amide bonds. The predicted octanol–water partition coefficient (Wildman–Crippen LogP) is 8.51. The van der Waals surface area contributed by atoms with Crippen molar-refractivity contribution in [2.45, 2.75) is 6.92 Å². The lowest BCUT2D eigenvalue weighted by Crippen LogP contribution is -1.87. The van der Waals surface area contributed by atoms with Crippen LogP contribution in [0.5, 0.6) is 0 Å². The molecule has 1 aromatic heterocycles. The van der Waals surface area contributed by atoms with Crippen LogP contribution in [0.3, 0.4) is 0 Å². The van der Waals surface area contributed by atoms with Gasteiger partial charge in [-0.1, -0.05) is 90.5 Å². The summed E-state index contributed by atoms with van der Waals surface area (Å²) >= 11 is 0. The van der Waals surface area contributed by atoms with Crippen molar-refractivity contribution in [1.82, 2.24) is 0 Å². The first-order chi connectivity index (χ1) is 14.8. The maximum absolute atomic E-state index is 6.55. The zero-order valence-electron chi connectivity index (χ0n) is 16.6. The molecular weight excluding hydrogens is 364 g/mol. The normalized spacial score (nSPS) is 12.2. The summed E-state index contributed by atoms with van der Waals surface area (Å²) in [4.78, 5) is 0. The van der Waals surface area contributed by atoms with Crippen LogP contribution in [-0.4, -0.2) is 0 Å². The molecule has 1 heteroatoms. The average Bonchev–Trinajstić information content (AvgIpc) is 3.18. The maximum Gasteiger partial charge on any atom is 0.144 e. The van der Waals surface area contributed by atoms with E-state index in [9.17, 15) is 0 Å². The summed E-state index contributed by atoms with van der Waals surface area (Å²) in [6, 6.07) is 32.7. The van der Waals surface area contributed by atoms with Crippen LogP contribution in [0.2, 0.25) is 0 Å². The smallest absolute Gasteiger partial charge is 0.144 e. The average molecular weight is 382 g/mol.